The summed E-state index contributed by atoms with van der Waals surface area (Å²) in [6, 6.07) is 12.6. The molecule has 0 saturated carbocycles. The van der Waals surface area contributed by atoms with Gasteiger partial charge in [-0.25, -0.2) is 8.42 Å². The summed E-state index contributed by atoms with van der Waals surface area (Å²) in [5, 5.41) is 2.89. The first-order valence-corrected chi connectivity index (χ1v) is 10.3. The number of sulfonamides is 1. The van der Waals surface area contributed by atoms with Gasteiger partial charge in [-0.1, -0.05) is 43.2 Å². The molecule has 0 radical (unpaired) electrons. The van der Waals surface area contributed by atoms with Crippen molar-refractivity contribution in [1.82, 2.24) is 5.32 Å². The molecule has 2 aromatic carbocycles. The van der Waals surface area contributed by atoms with Gasteiger partial charge in [-0.2, -0.15) is 0 Å². The molecule has 26 heavy (non-hydrogen) atoms. The Bertz CT molecular complexity index is 938. The van der Waals surface area contributed by atoms with Crippen LogP contribution in [0.3, 0.4) is 0 Å². The summed E-state index contributed by atoms with van der Waals surface area (Å²) in [6.45, 7) is 5.72. The molecule has 3 rings (SSSR count). The smallest absolute Gasteiger partial charge is 0.265 e. The van der Waals surface area contributed by atoms with Crippen LogP contribution in [0.1, 0.15) is 32.3 Å². The van der Waals surface area contributed by atoms with Crippen LogP contribution in [-0.2, 0) is 14.8 Å². The van der Waals surface area contributed by atoms with E-state index in [-0.39, 0.29) is 23.4 Å². The highest BCUT2D eigenvalue weighted by molar-refractivity contribution is 7.93. The van der Waals surface area contributed by atoms with E-state index in [2.05, 4.69) is 5.32 Å². The zero-order chi connectivity index (χ0) is 18.9. The molecule has 0 aliphatic carbocycles. The Kier molecular flexibility index (Phi) is 5.05. The summed E-state index contributed by atoms with van der Waals surface area (Å²) < 4.78 is 27.5. The van der Waals surface area contributed by atoms with E-state index in [1.807, 2.05) is 45.0 Å². The number of nitrogens with zero attached hydrogens (tertiary/aromatic N) is 1. The normalized spacial score (nSPS) is 15.7. The Balaban J connectivity index is 2.02. The lowest BCUT2D eigenvalue weighted by Gasteiger charge is -2.32. The molecule has 1 aliphatic heterocycles. The van der Waals surface area contributed by atoms with Crippen LogP contribution in [0.2, 0.25) is 0 Å². The number of nitrogens with one attached hydrogen (secondary N) is 1. The minimum absolute atomic E-state index is 0.0183. The Morgan fingerprint density at radius 3 is 2.62 bits per heavy atom. The Labute approximate surface area is 155 Å². The lowest BCUT2D eigenvalue weighted by Crippen LogP contribution is -2.44. The first kappa shape index (κ1) is 18.5. The minimum atomic E-state index is -3.78. The van der Waals surface area contributed by atoms with Crippen molar-refractivity contribution in [2.75, 3.05) is 10.8 Å². The second-order valence-electron chi connectivity index (χ2n) is 6.79. The Morgan fingerprint density at radius 1 is 1.15 bits per heavy atom. The summed E-state index contributed by atoms with van der Waals surface area (Å²) in [5.41, 5.74) is 3.11. The van der Waals surface area contributed by atoms with E-state index in [1.54, 1.807) is 18.2 Å². The Hall–Kier alpha value is -2.34. The monoisotopic (exact) mass is 372 g/mol. The number of anilines is 1. The van der Waals surface area contributed by atoms with E-state index in [1.165, 1.54) is 4.31 Å². The van der Waals surface area contributed by atoms with Crippen LogP contribution in [-0.4, -0.2) is 26.9 Å². The van der Waals surface area contributed by atoms with Gasteiger partial charge in [-0.3, -0.25) is 9.10 Å². The molecule has 1 heterocycles. The first-order chi connectivity index (χ1) is 12.3. The predicted molar refractivity (Wildman–Crippen MR) is 104 cm³/mol. The maximum absolute atomic E-state index is 13.1. The summed E-state index contributed by atoms with van der Waals surface area (Å²) >= 11 is 0. The quantitative estimate of drug-likeness (QED) is 0.874. The molecule has 1 N–H and O–H groups in total. The zero-order valence-electron chi connectivity index (χ0n) is 15.3. The average Bonchev–Trinajstić information content (AvgIpc) is 2.59. The molecule has 1 unspecified atom stereocenters. The number of amides is 1. The van der Waals surface area contributed by atoms with Crippen molar-refractivity contribution >= 4 is 21.6 Å². The maximum Gasteiger partial charge on any atom is 0.265 e. The summed E-state index contributed by atoms with van der Waals surface area (Å²) in [7, 11) is -3.78. The lowest BCUT2D eigenvalue weighted by atomic mass is 10.0. The highest BCUT2D eigenvalue weighted by Crippen LogP contribution is 2.43. The van der Waals surface area contributed by atoms with Gasteiger partial charge in [-0.05, 0) is 38.5 Å². The third-order valence-corrected chi connectivity index (χ3v) is 6.40. The Morgan fingerprint density at radius 2 is 1.88 bits per heavy atom. The van der Waals surface area contributed by atoms with E-state index in [0.717, 1.165) is 24.0 Å². The number of hydrogen-bond donors (Lipinski definition) is 1. The predicted octanol–water partition coefficient (Wildman–Crippen LogP) is 3.48. The van der Waals surface area contributed by atoms with Gasteiger partial charge in [0, 0.05) is 17.2 Å². The van der Waals surface area contributed by atoms with Crippen LogP contribution in [0, 0.1) is 6.92 Å². The van der Waals surface area contributed by atoms with Crippen molar-refractivity contribution in [3.63, 3.8) is 0 Å². The molecule has 0 fully saturated rings. The van der Waals surface area contributed by atoms with Crippen LogP contribution in [0.5, 0.6) is 0 Å². The third-order valence-electron chi connectivity index (χ3n) is 4.58. The number of carbonyl (C=O) groups is 1. The molecule has 5 nitrogen and oxygen atoms in total. The van der Waals surface area contributed by atoms with Gasteiger partial charge in [0.25, 0.3) is 10.0 Å². The number of rotatable bonds is 5. The second kappa shape index (κ2) is 7.11. The van der Waals surface area contributed by atoms with Gasteiger partial charge in [0.15, 0.2) is 0 Å². The minimum Gasteiger partial charge on any atom is -0.352 e. The molecule has 0 spiro atoms. The number of benzene rings is 2. The first-order valence-electron chi connectivity index (χ1n) is 8.86. The fourth-order valence-electron chi connectivity index (χ4n) is 3.37. The lowest BCUT2D eigenvalue weighted by molar-refractivity contribution is -0.120. The van der Waals surface area contributed by atoms with Crippen LogP contribution < -0.4 is 9.62 Å². The molecule has 0 saturated heterocycles. The van der Waals surface area contributed by atoms with Crippen LogP contribution in [0.25, 0.3) is 11.1 Å². The molecular formula is C20H24N2O3S. The SMILES string of the molecule is CCCC(C)NC(=O)CN1c2ccc(C)cc2-c2ccccc2S1(=O)=O. The van der Waals surface area contributed by atoms with Gasteiger partial charge in [0.2, 0.25) is 5.91 Å². The fourth-order valence-corrected chi connectivity index (χ4v) is 5.02. The van der Waals surface area contributed by atoms with Gasteiger partial charge < -0.3 is 5.32 Å². The van der Waals surface area contributed by atoms with Gasteiger partial charge in [-0.15, -0.1) is 0 Å². The van der Waals surface area contributed by atoms with E-state index in [0.29, 0.717) is 11.3 Å². The van der Waals surface area contributed by atoms with Crippen LogP contribution in [0.15, 0.2) is 47.4 Å². The second-order valence-corrected chi connectivity index (χ2v) is 8.62. The highest BCUT2D eigenvalue weighted by Gasteiger charge is 2.35. The molecule has 6 heteroatoms. The summed E-state index contributed by atoms with van der Waals surface area (Å²) in [6.07, 6.45) is 1.82. The molecule has 0 bridgehead atoms. The van der Waals surface area contributed by atoms with Crippen molar-refractivity contribution in [2.45, 2.75) is 44.6 Å². The zero-order valence-corrected chi connectivity index (χ0v) is 16.1. The average molecular weight is 372 g/mol. The van der Waals surface area contributed by atoms with Crippen molar-refractivity contribution in [2.24, 2.45) is 0 Å². The molecule has 1 atom stereocenters. The molecule has 1 amide bonds. The third kappa shape index (κ3) is 3.33. The topological polar surface area (TPSA) is 66.5 Å². The molecule has 138 valence electrons. The van der Waals surface area contributed by atoms with Crippen molar-refractivity contribution in [1.29, 1.82) is 0 Å². The number of carbonyl (C=O) groups excluding carboxylic acids is 1. The summed E-state index contributed by atoms with van der Waals surface area (Å²) in [4.78, 5) is 12.7. The standard InChI is InChI=1S/C20H24N2O3S/c1-4-7-15(3)21-20(23)13-22-18-11-10-14(2)12-17(18)16-8-5-6-9-19(16)26(22,24)25/h5-6,8-12,15H,4,7,13H2,1-3H3,(H,21,23). The van der Waals surface area contributed by atoms with E-state index in [4.69, 9.17) is 0 Å². The largest absolute Gasteiger partial charge is 0.352 e. The molecule has 1 aliphatic rings. The number of hydrogen-bond acceptors (Lipinski definition) is 3. The van der Waals surface area contributed by atoms with Crippen molar-refractivity contribution in [3.05, 3.63) is 48.0 Å². The van der Waals surface area contributed by atoms with Gasteiger partial charge in [0.05, 0.1) is 10.6 Å². The van der Waals surface area contributed by atoms with E-state index < -0.39 is 10.0 Å². The van der Waals surface area contributed by atoms with E-state index >= 15 is 0 Å². The maximum atomic E-state index is 13.1. The number of aryl methyl sites for hydroxylation is 1. The van der Waals surface area contributed by atoms with Crippen LogP contribution >= 0.6 is 0 Å². The highest BCUT2D eigenvalue weighted by atomic mass is 32.2. The molecular weight excluding hydrogens is 348 g/mol. The molecule has 2 aromatic rings. The molecule has 0 aromatic heterocycles. The van der Waals surface area contributed by atoms with Gasteiger partial charge in [0.1, 0.15) is 6.54 Å². The number of fused-ring (bicyclic) bond motifs is 3. The fraction of sp³-hybridized carbons (Fsp3) is 0.350. The van der Waals surface area contributed by atoms with Crippen LogP contribution in [0.4, 0.5) is 5.69 Å². The van der Waals surface area contributed by atoms with Gasteiger partial charge >= 0.3 is 0 Å². The summed E-state index contributed by atoms with van der Waals surface area (Å²) in [5.74, 6) is -0.291. The van der Waals surface area contributed by atoms with Crippen molar-refractivity contribution < 1.29 is 13.2 Å². The van der Waals surface area contributed by atoms with E-state index in [9.17, 15) is 13.2 Å². The van der Waals surface area contributed by atoms with Crippen molar-refractivity contribution in [3.8, 4) is 11.1 Å².